The maximum absolute atomic E-state index is 5.89. The highest BCUT2D eigenvalue weighted by molar-refractivity contribution is 5.21. The third-order valence-corrected chi connectivity index (χ3v) is 3.48. The fraction of sp³-hybridized carbons (Fsp3) is 0.643. The lowest BCUT2D eigenvalue weighted by Crippen LogP contribution is -2.17. The van der Waals surface area contributed by atoms with Crippen LogP contribution in [0.25, 0.3) is 0 Å². The Balaban J connectivity index is 1.96. The molecule has 1 saturated carbocycles. The molecule has 1 aliphatic carbocycles. The number of rotatable bonds is 5. The van der Waals surface area contributed by atoms with Gasteiger partial charge >= 0.3 is 0 Å². The molecule has 1 unspecified atom stereocenters. The van der Waals surface area contributed by atoms with Gasteiger partial charge in [0.05, 0.1) is 18.0 Å². The minimum atomic E-state index is 0.343. The molecule has 1 atom stereocenters. The van der Waals surface area contributed by atoms with Gasteiger partial charge in [0.25, 0.3) is 0 Å². The first kappa shape index (κ1) is 12.4. The lowest BCUT2D eigenvalue weighted by Gasteiger charge is -2.15. The summed E-state index contributed by atoms with van der Waals surface area (Å²) < 4.78 is 5.89. The zero-order valence-corrected chi connectivity index (χ0v) is 10.8. The van der Waals surface area contributed by atoms with Gasteiger partial charge in [-0.2, -0.15) is 0 Å². The van der Waals surface area contributed by atoms with E-state index in [1.807, 2.05) is 19.3 Å². The largest absolute Gasteiger partial charge is 0.489 e. The van der Waals surface area contributed by atoms with E-state index in [1.54, 1.807) is 0 Å². The summed E-state index contributed by atoms with van der Waals surface area (Å²) in [5.41, 5.74) is 1.09. The zero-order chi connectivity index (χ0) is 12.1. The van der Waals surface area contributed by atoms with Crippen molar-refractivity contribution in [2.45, 2.75) is 51.2 Å². The lowest BCUT2D eigenvalue weighted by atomic mass is 10.1. The molecule has 0 radical (unpaired) electrons. The summed E-state index contributed by atoms with van der Waals surface area (Å²) in [6.45, 7) is 2.16. The highest BCUT2D eigenvalue weighted by Gasteiger charge is 2.16. The van der Waals surface area contributed by atoms with Crippen molar-refractivity contribution in [1.29, 1.82) is 0 Å². The second-order valence-corrected chi connectivity index (χ2v) is 4.69. The standard InChI is InChI=1S/C14H22N2O/c1-3-13(15-2)14-9-8-12(10-16-14)17-11-6-4-5-7-11/h8-11,13,15H,3-7H2,1-2H3. The molecule has 1 fully saturated rings. The third-order valence-electron chi connectivity index (χ3n) is 3.48. The first-order chi connectivity index (χ1) is 8.33. The molecule has 2 rings (SSSR count). The Morgan fingerprint density at radius 2 is 2.18 bits per heavy atom. The Kier molecular flexibility index (Phi) is 4.37. The normalized spacial score (nSPS) is 18.2. The molecule has 0 aliphatic heterocycles. The predicted molar refractivity (Wildman–Crippen MR) is 69.2 cm³/mol. The molecule has 1 aromatic rings. The summed E-state index contributed by atoms with van der Waals surface area (Å²) in [6.07, 6.45) is 8.29. The topological polar surface area (TPSA) is 34.1 Å². The fourth-order valence-corrected chi connectivity index (χ4v) is 2.43. The third kappa shape index (κ3) is 3.19. The zero-order valence-electron chi connectivity index (χ0n) is 10.8. The number of pyridine rings is 1. The Labute approximate surface area is 104 Å². The van der Waals surface area contributed by atoms with E-state index in [-0.39, 0.29) is 0 Å². The van der Waals surface area contributed by atoms with Crippen molar-refractivity contribution in [3.05, 3.63) is 24.0 Å². The van der Waals surface area contributed by atoms with E-state index in [0.717, 1.165) is 17.9 Å². The Bertz CT molecular complexity index is 327. The minimum Gasteiger partial charge on any atom is -0.489 e. The molecule has 0 bridgehead atoms. The second-order valence-electron chi connectivity index (χ2n) is 4.69. The van der Waals surface area contributed by atoms with Crippen LogP contribution in [0.1, 0.15) is 50.8 Å². The van der Waals surface area contributed by atoms with Gasteiger partial charge in [-0.15, -0.1) is 0 Å². The van der Waals surface area contributed by atoms with Crippen LogP contribution < -0.4 is 10.1 Å². The van der Waals surface area contributed by atoms with Gasteiger partial charge in [-0.3, -0.25) is 4.98 Å². The highest BCUT2D eigenvalue weighted by Crippen LogP contribution is 2.24. The van der Waals surface area contributed by atoms with Crippen LogP contribution in [0.3, 0.4) is 0 Å². The Hall–Kier alpha value is -1.09. The number of aromatic nitrogens is 1. The second kappa shape index (κ2) is 6.01. The molecule has 1 aliphatic rings. The molecule has 17 heavy (non-hydrogen) atoms. The summed E-state index contributed by atoms with van der Waals surface area (Å²) in [5, 5.41) is 3.26. The van der Waals surface area contributed by atoms with Crippen LogP contribution in [-0.2, 0) is 0 Å². The number of hydrogen-bond acceptors (Lipinski definition) is 3. The molecular weight excluding hydrogens is 212 g/mol. The van der Waals surface area contributed by atoms with Crippen molar-refractivity contribution >= 4 is 0 Å². The van der Waals surface area contributed by atoms with Crippen LogP contribution >= 0.6 is 0 Å². The molecule has 0 amide bonds. The molecule has 0 saturated heterocycles. The molecule has 0 spiro atoms. The van der Waals surface area contributed by atoms with Crippen molar-refractivity contribution in [3.63, 3.8) is 0 Å². The molecular formula is C14H22N2O. The monoisotopic (exact) mass is 234 g/mol. The van der Waals surface area contributed by atoms with Gasteiger partial charge < -0.3 is 10.1 Å². The molecule has 0 aromatic carbocycles. The average Bonchev–Trinajstić information content (AvgIpc) is 2.86. The first-order valence-electron chi connectivity index (χ1n) is 6.63. The van der Waals surface area contributed by atoms with Gasteiger partial charge in [-0.25, -0.2) is 0 Å². The average molecular weight is 234 g/mol. The lowest BCUT2D eigenvalue weighted by molar-refractivity contribution is 0.209. The van der Waals surface area contributed by atoms with E-state index in [1.165, 1.54) is 25.7 Å². The SMILES string of the molecule is CCC(NC)c1ccc(OC2CCCC2)cn1. The minimum absolute atomic E-state index is 0.343. The van der Waals surface area contributed by atoms with Crippen LogP contribution in [0.2, 0.25) is 0 Å². The number of ether oxygens (including phenoxy) is 1. The van der Waals surface area contributed by atoms with E-state index in [2.05, 4.69) is 23.3 Å². The molecule has 3 nitrogen and oxygen atoms in total. The molecule has 94 valence electrons. The van der Waals surface area contributed by atoms with E-state index in [0.29, 0.717) is 12.1 Å². The summed E-state index contributed by atoms with van der Waals surface area (Å²) in [4.78, 5) is 4.48. The summed E-state index contributed by atoms with van der Waals surface area (Å²) in [6, 6.07) is 4.45. The molecule has 1 heterocycles. The van der Waals surface area contributed by atoms with Crippen molar-refractivity contribution in [3.8, 4) is 5.75 Å². The molecule has 1 aromatic heterocycles. The first-order valence-corrected chi connectivity index (χ1v) is 6.63. The van der Waals surface area contributed by atoms with Crippen molar-refractivity contribution in [2.75, 3.05) is 7.05 Å². The Morgan fingerprint density at radius 1 is 1.41 bits per heavy atom. The van der Waals surface area contributed by atoms with Crippen LogP contribution in [0.4, 0.5) is 0 Å². The van der Waals surface area contributed by atoms with Crippen LogP contribution in [-0.4, -0.2) is 18.1 Å². The molecule has 1 N–H and O–H groups in total. The van der Waals surface area contributed by atoms with Gasteiger partial charge in [0, 0.05) is 6.04 Å². The number of nitrogens with zero attached hydrogens (tertiary/aromatic N) is 1. The van der Waals surface area contributed by atoms with Gasteiger partial charge in [0.2, 0.25) is 0 Å². The number of nitrogens with one attached hydrogen (secondary N) is 1. The number of hydrogen-bond donors (Lipinski definition) is 1. The van der Waals surface area contributed by atoms with E-state index >= 15 is 0 Å². The summed E-state index contributed by atoms with van der Waals surface area (Å²) in [7, 11) is 1.97. The maximum Gasteiger partial charge on any atom is 0.138 e. The smallest absolute Gasteiger partial charge is 0.138 e. The van der Waals surface area contributed by atoms with E-state index in [9.17, 15) is 0 Å². The Morgan fingerprint density at radius 3 is 2.71 bits per heavy atom. The summed E-state index contributed by atoms with van der Waals surface area (Å²) >= 11 is 0. The van der Waals surface area contributed by atoms with Crippen molar-refractivity contribution in [1.82, 2.24) is 10.3 Å². The van der Waals surface area contributed by atoms with Gasteiger partial charge in [-0.05, 0) is 51.3 Å². The maximum atomic E-state index is 5.89. The van der Waals surface area contributed by atoms with Crippen LogP contribution in [0.5, 0.6) is 5.75 Å². The summed E-state index contributed by atoms with van der Waals surface area (Å²) in [5.74, 6) is 0.909. The van der Waals surface area contributed by atoms with Crippen molar-refractivity contribution < 1.29 is 4.74 Å². The quantitative estimate of drug-likeness (QED) is 0.850. The fourth-order valence-electron chi connectivity index (χ4n) is 2.43. The van der Waals surface area contributed by atoms with Gasteiger partial charge in [0.1, 0.15) is 5.75 Å². The van der Waals surface area contributed by atoms with Crippen molar-refractivity contribution in [2.24, 2.45) is 0 Å². The predicted octanol–water partition coefficient (Wildman–Crippen LogP) is 3.07. The highest BCUT2D eigenvalue weighted by atomic mass is 16.5. The molecule has 3 heteroatoms. The van der Waals surface area contributed by atoms with Gasteiger partial charge in [0.15, 0.2) is 0 Å². The van der Waals surface area contributed by atoms with Crippen LogP contribution in [0.15, 0.2) is 18.3 Å². The van der Waals surface area contributed by atoms with Gasteiger partial charge in [-0.1, -0.05) is 6.92 Å². The van der Waals surface area contributed by atoms with E-state index < -0.39 is 0 Å². The van der Waals surface area contributed by atoms with Crippen LogP contribution in [0, 0.1) is 0 Å². The van der Waals surface area contributed by atoms with E-state index in [4.69, 9.17) is 4.74 Å².